The van der Waals surface area contributed by atoms with Gasteiger partial charge in [0.25, 0.3) is 0 Å². The van der Waals surface area contributed by atoms with Crippen LogP contribution in [0.25, 0.3) is 0 Å². The normalized spacial score (nSPS) is 1.50. The standard InChI is InChI=1S/Fe.HI.Mg.Mn.2H/h;1H;;;;/q;;;+1;;/p-1. The molecule has 0 heterocycles. The molecule has 0 radical (unpaired) electrons. The zero-order valence-corrected chi connectivity index (χ0v) is 5.55. The van der Waals surface area contributed by atoms with E-state index in [2.05, 4.69) is 12.8 Å². The van der Waals surface area contributed by atoms with E-state index in [0.29, 0.717) is 0 Å². The van der Waals surface area contributed by atoms with Crippen molar-refractivity contribution in [2.75, 3.05) is 0 Å². The van der Waals surface area contributed by atoms with Crippen LogP contribution in [0.2, 0.25) is 0 Å². The van der Waals surface area contributed by atoms with E-state index in [-0.39, 0.29) is 40.1 Å². The van der Waals surface area contributed by atoms with E-state index in [4.69, 9.17) is 0 Å². The first kappa shape index (κ1) is 16.0. The Morgan fingerprint density at radius 1 is 1.25 bits per heavy atom. The van der Waals surface area contributed by atoms with E-state index in [1.54, 1.807) is 0 Å². The maximum atomic E-state index is 2.91. The Morgan fingerprint density at radius 2 is 1.25 bits per heavy atom. The zero-order chi connectivity index (χ0) is 2.00. The van der Waals surface area contributed by atoms with Gasteiger partial charge in [-0.3, -0.25) is 0 Å². The van der Waals surface area contributed by atoms with Crippen LogP contribution in [0.3, 0.4) is 0 Å². The molecule has 0 nitrogen and oxygen atoms in total. The third kappa shape index (κ3) is 8.82. The molecule has 0 amide bonds. The summed E-state index contributed by atoms with van der Waals surface area (Å²) in [6, 6.07) is 0. The van der Waals surface area contributed by atoms with Gasteiger partial charge < -0.3 is 0 Å². The molecule has 0 unspecified atom stereocenters. The van der Waals surface area contributed by atoms with Gasteiger partial charge in [0.05, 0.1) is 0 Å². The van der Waals surface area contributed by atoms with Crippen molar-refractivity contribution in [1.82, 2.24) is 0 Å². The first-order chi connectivity index (χ1) is 1.00. The van der Waals surface area contributed by atoms with Gasteiger partial charge >= 0.3 is 56.2 Å². The van der Waals surface area contributed by atoms with E-state index < -0.39 is 0 Å². The van der Waals surface area contributed by atoms with Crippen LogP contribution in [0.1, 0.15) is 0 Å². The van der Waals surface area contributed by atoms with Crippen molar-refractivity contribution in [2.45, 2.75) is 0 Å². The third-order valence-corrected chi connectivity index (χ3v) is 0. The first-order valence-corrected chi connectivity index (χ1v) is 3.95. The summed E-state index contributed by atoms with van der Waals surface area (Å²) in [7, 11) is 0. The molecule has 26 valence electrons. The molecule has 0 aromatic rings. The Labute approximate surface area is 72.0 Å². The van der Waals surface area contributed by atoms with Gasteiger partial charge in [0.1, 0.15) is 0 Å². The predicted molar refractivity (Wildman–Crippen MR) is 22.6 cm³/mol. The molecule has 0 saturated heterocycles. The number of hydrogen-bond donors (Lipinski definition) is 0. The van der Waals surface area contributed by atoms with Gasteiger partial charge in [-0.1, -0.05) is 0 Å². The molecule has 4 heavy (non-hydrogen) atoms. The summed E-state index contributed by atoms with van der Waals surface area (Å²) >= 11 is 4.87. The van der Waals surface area contributed by atoms with E-state index >= 15 is 0 Å². The average Bonchev–Trinajstić information content (AvgIpc) is 1.00. The van der Waals surface area contributed by atoms with Gasteiger partial charge in [-0.05, 0) is 0 Å². The van der Waals surface area contributed by atoms with Crippen LogP contribution < -0.4 is 0 Å². The summed E-state index contributed by atoms with van der Waals surface area (Å²) in [4.78, 5) is 0. The SMILES string of the molecule is [Fe].[MgH2].[Mn][I]. The monoisotopic (exact) mass is 264 g/mol. The third-order valence-electron chi connectivity index (χ3n) is 0. The number of rotatable bonds is 0. The van der Waals surface area contributed by atoms with Crippen molar-refractivity contribution < 1.29 is 29.8 Å². The fourth-order valence-electron chi connectivity index (χ4n) is 0. The van der Waals surface area contributed by atoms with Crippen molar-refractivity contribution in [3.05, 3.63) is 0 Å². The summed E-state index contributed by atoms with van der Waals surface area (Å²) < 4.78 is 0. The molecule has 0 fully saturated rings. The summed E-state index contributed by atoms with van der Waals surface area (Å²) in [6.07, 6.45) is 0. The van der Waals surface area contributed by atoms with Gasteiger partial charge in [-0.25, -0.2) is 0 Å². The Kier molecular flexibility index (Phi) is 70.9. The minimum atomic E-state index is 0. The maximum absolute atomic E-state index is 2.91. The second kappa shape index (κ2) is 17.7. The molecule has 0 aromatic heterocycles. The van der Waals surface area contributed by atoms with Gasteiger partial charge in [0.15, 0.2) is 0 Å². The second-order valence-corrected chi connectivity index (χ2v) is 0. The number of halogens is 1. The molecule has 0 aliphatic rings. The van der Waals surface area contributed by atoms with E-state index in [1.165, 1.54) is 0 Å². The molecular formula is H2FeIMgMn. The number of hydrogen-bond acceptors (Lipinski definition) is 0. The molecule has 0 aromatic carbocycles. The molecule has 0 atom stereocenters. The second-order valence-electron chi connectivity index (χ2n) is 0. The quantitative estimate of drug-likeness (QED) is 0.425. The molecule has 0 N–H and O–H groups in total. The van der Waals surface area contributed by atoms with Crippen molar-refractivity contribution >= 4 is 43.4 Å². The molecule has 0 saturated carbocycles. The fourth-order valence-corrected chi connectivity index (χ4v) is 0. The average molecular weight is 264 g/mol. The summed E-state index contributed by atoms with van der Waals surface area (Å²) in [5.74, 6) is 0. The Hall–Kier alpha value is 2.54. The van der Waals surface area contributed by atoms with Crippen LogP contribution in [0.5, 0.6) is 0 Å². The van der Waals surface area contributed by atoms with Gasteiger partial charge in [-0.2, -0.15) is 0 Å². The molecule has 0 rings (SSSR count). The summed E-state index contributed by atoms with van der Waals surface area (Å²) in [6.45, 7) is 0. The van der Waals surface area contributed by atoms with Gasteiger partial charge in [0, 0.05) is 17.1 Å². The summed E-state index contributed by atoms with van der Waals surface area (Å²) in [5.41, 5.74) is 0. The van der Waals surface area contributed by atoms with Crippen LogP contribution in [0, 0.1) is 0 Å². The van der Waals surface area contributed by atoms with Crippen LogP contribution in [0.15, 0.2) is 0 Å². The van der Waals surface area contributed by atoms with Crippen LogP contribution in [-0.2, 0) is 29.8 Å². The Morgan fingerprint density at radius 3 is 1.25 bits per heavy atom. The van der Waals surface area contributed by atoms with Crippen LogP contribution in [-0.4, -0.2) is 23.1 Å². The van der Waals surface area contributed by atoms with Gasteiger partial charge in [0.2, 0.25) is 0 Å². The summed E-state index contributed by atoms with van der Waals surface area (Å²) in [5, 5.41) is 0. The van der Waals surface area contributed by atoms with Crippen LogP contribution in [0.4, 0.5) is 0 Å². The van der Waals surface area contributed by atoms with Crippen molar-refractivity contribution in [3.8, 4) is 0 Å². The zero-order valence-electron chi connectivity index (χ0n) is 1.11. The van der Waals surface area contributed by atoms with E-state index in [0.717, 1.165) is 0 Å². The van der Waals surface area contributed by atoms with Crippen molar-refractivity contribution in [1.29, 1.82) is 0 Å². The van der Waals surface area contributed by atoms with E-state index in [9.17, 15) is 0 Å². The van der Waals surface area contributed by atoms with Crippen LogP contribution >= 0.6 is 20.3 Å². The predicted octanol–water partition coefficient (Wildman–Crippen LogP) is -0.0355. The Balaban J connectivity index is -0.00000000500. The first-order valence-electron chi connectivity index (χ1n) is 0.143. The molecule has 0 bridgehead atoms. The van der Waals surface area contributed by atoms with E-state index in [1.807, 2.05) is 20.3 Å². The molecular weight excluding hydrogens is 262 g/mol. The minimum absolute atomic E-state index is 0. The Bertz CT molecular complexity index is 8.00. The molecule has 0 spiro atoms. The topological polar surface area (TPSA) is 0 Å². The van der Waals surface area contributed by atoms with Gasteiger partial charge in [-0.15, -0.1) is 0 Å². The van der Waals surface area contributed by atoms with Crippen molar-refractivity contribution in [3.63, 3.8) is 0 Å². The molecule has 0 aliphatic carbocycles. The van der Waals surface area contributed by atoms with Crippen molar-refractivity contribution in [2.24, 2.45) is 0 Å². The fraction of sp³-hybridized carbons (Fsp3) is 0. The molecule has 4 heteroatoms. The molecule has 0 aliphatic heterocycles.